The summed E-state index contributed by atoms with van der Waals surface area (Å²) in [4.78, 5) is 15.9. The lowest BCUT2D eigenvalue weighted by atomic mass is 10.1. The number of piperazine rings is 1. The third kappa shape index (κ3) is 4.00. The Hall–Kier alpha value is -2.45. The molecule has 0 aromatic heterocycles. The molecule has 154 valence electrons. The van der Waals surface area contributed by atoms with Crippen LogP contribution in [0.4, 0.5) is 15.8 Å². The van der Waals surface area contributed by atoms with E-state index in [2.05, 4.69) is 0 Å². The van der Waals surface area contributed by atoms with Gasteiger partial charge < -0.3 is 9.80 Å². The Morgan fingerprint density at radius 1 is 0.828 bits per heavy atom. The van der Waals surface area contributed by atoms with E-state index >= 15 is 0 Å². The van der Waals surface area contributed by atoms with Crippen molar-refractivity contribution in [1.82, 2.24) is 4.31 Å². The number of carbonyl (C=O) groups excluding carboxylic acids is 1. The molecule has 0 saturated carbocycles. The number of anilines is 2. The van der Waals surface area contributed by atoms with E-state index in [1.54, 1.807) is 47.4 Å². The van der Waals surface area contributed by atoms with Crippen LogP contribution in [-0.2, 0) is 14.8 Å². The summed E-state index contributed by atoms with van der Waals surface area (Å²) in [7, 11) is -3.63. The molecule has 2 aliphatic rings. The van der Waals surface area contributed by atoms with Crippen LogP contribution >= 0.6 is 0 Å². The van der Waals surface area contributed by atoms with Crippen molar-refractivity contribution in [3.63, 3.8) is 0 Å². The first-order chi connectivity index (χ1) is 14.0. The molecule has 2 aromatic carbocycles. The van der Waals surface area contributed by atoms with E-state index in [1.807, 2.05) is 4.90 Å². The Labute approximate surface area is 170 Å². The quantitative estimate of drug-likeness (QED) is 0.768. The highest BCUT2D eigenvalue weighted by atomic mass is 32.2. The number of rotatable bonds is 4. The summed E-state index contributed by atoms with van der Waals surface area (Å²) in [5.41, 5.74) is 1.23. The molecule has 0 atom stereocenters. The molecular weight excluding hydrogens is 393 g/mol. The predicted octanol–water partition coefficient (Wildman–Crippen LogP) is 2.85. The maximum absolute atomic E-state index is 14.0. The van der Waals surface area contributed by atoms with Crippen LogP contribution in [0.1, 0.15) is 19.3 Å². The lowest BCUT2D eigenvalue weighted by Gasteiger charge is -2.35. The van der Waals surface area contributed by atoms with E-state index < -0.39 is 10.0 Å². The third-order valence-corrected chi connectivity index (χ3v) is 7.45. The molecule has 6 nitrogen and oxygen atoms in total. The number of amides is 1. The Kier molecular flexibility index (Phi) is 5.56. The van der Waals surface area contributed by atoms with E-state index in [0.717, 1.165) is 18.5 Å². The third-order valence-electron chi connectivity index (χ3n) is 5.54. The van der Waals surface area contributed by atoms with Gasteiger partial charge in [-0.15, -0.1) is 0 Å². The molecule has 2 saturated heterocycles. The predicted molar refractivity (Wildman–Crippen MR) is 110 cm³/mol. The number of hydrogen-bond donors (Lipinski definition) is 0. The average Bonchev–Trinajstić information content (AvgIpc) is 2.75. The molecule has 2 aromatic rings. The lowest BCUT2D eigenvalue weighted by Crippen LogP contribution is -2.48. The van der Waals surface area contributed by atoms with Gasteiger partial charge in [0, 0.05) is 44.8 Å². The van der Waals surface area contributed by atoms with Gasteiger partial charge in [0.15, 0.2) is 0 Å². The molecule has 0 N–H and O–H groups in total. The minimum Gasteiger partial charge on any atom is -0.367 e. The molecule has 0 radical (unpaired) electrons. The molecule has 2 aliphatic heterocycles. The fourth-order valence-electron chi connectivity index (χ4n) is 3.90. The van der Waals surface area contributed by atoms with Crippen molar-refractivity contribution in [3.05, 3.63) is 54.3 Å². The van der Waals surface area contributed by atoms with Gasteiger partial charge in [0.25, 0.3) is 0 Å². The summed E-state index contributed by atoms with van der Waals surface area (Å²) in [6.07, 6.45) is 2.39. The zero-order chi connectivity index (χ0) is 20.4. The smallest absolute Gasteiger partial charge is 0.243 e. The van der Waals surface area contributed by atoms with Crippen LogP contribution in [0.15, 0.2) is 53.4 Å². The van der Waals surface area contributed by atoms with Gasteiger partial charge in [-0.25, -0.2) is 12.8 Å². The summed E-state index contributed by atoms with van der Waals surface area (Å²) in [5, 5.41) is 0. The van der Waals surface area contributed by atoms with E-state index in [1.165, 1.54) is 10.4 Å². The minimum absolute atomic E-state index is 0.0797. The van der Waals surface area contributed by atoms with Gasteiger partial charge in [0.1, 0.15) is 5.82 Å². The van der Waals surface area contributed by atoms with Crippen LogP contribution in [0.5, 0.6) is 0 Å². The molecule has 2 heterocycles. The fourth-order valence-corrected chi connectivity index (χ4v) is 5.33. The van der Waals surface area contributed by atoms with Crippen molar-refractivity contribution < 1.29 is 17.6 Å². The van der Waals surface area contributed by atoms with Gasteiger partial charge >= 0.3 is 0 Å². The first kappa shape index (κ1) is 19.8. The highest BCUT2D eigenvalue weighted by Gasteiger charge is 2.29. The van der Waals surface area contributed by atoms with Crippen molar-refractivity contribution in [2.75, 3.05) is 42.5 Å². The van der Waals surface area contributed by atoms with Crippen LogP contribution in [0.25, 0.3) is 0 Å². The number of halogens is 1. The normalized spacial score (nSPS) is 18.9. The van der Waals surface area contributed by atoms with Gasteiger partial charge in [-0.2, -0.15) is 4.31 Å². The molecule has 1 amide bonds. The van der Waals surface area contributed by atoms with Crippen LogP contribution in [0, 0.1) is 5.82 Å². The molecule has 0 unspecified atom stereocenters. The number of benzene rings is 2. The average molecular weight is 418 g/mol. The van der Waals surface area contributed by atoms with Gasteiger partial charge in [-0.05, 0) is 49.2 Å². The second-order valence-corrected chi connectivity index (χ2v) is 9.28. The first-order valence-corrected chi connectivity index (χ1v) is 11.3. The van der Waals surface area contributed by atoms with Crippen molar-refractivity contribution in [2.24, 2.45) is 0 Å². The SMILES string of the molecule is O=C1CCCCN1c1ccc(S(=O)(=O)N2CCN(c3ccccc3F)CC2)cc1. The monoisotopic (exact) mass is 417 g/mol. The fraction of sp³-hybridized carbons (Fsp3) is 0.381. The minimum atomic E-state index is -3.63. The summed E-state index contributed by atoms with van der Waals surface area (Å²) in [6.45, 7) is 2.12. The Morgan fingerprint density at radius 2 is 1.52 bits per heavy atom. The van der Waals surface area contributed by atoms with Crippen LogP contribution in [-0.4, -0.2) is 51.4 Å². The number of para-hydroxylation sites is 1. The molecular formula is C21H24FN3O3S. The summed E-state index contributed by atoms with van der Waals surface area (Å²) >= 11 is 0. The van der Waals surface area contributed by atoms with Crippen molar-refractivity contribution in [2.45, 2.75) is 24.2 Å². The molecule has 29 heavy (non-hydrogen) atoms. The summed E-state index contributed by atoms with van der Waals surface area (Å²) in [6, 6.07) is 13.1. The molecule has 2 fully saturated rings. The maximum Gasteiger partial charge on any atom is 0.243 e. The van der Waals surface area contributed by atoms with E-state index in [-0.39, 0.29) is 16.6 Å². The molecule has 0 aliphatic carbocycles. The van der Waals surface area contributed by atoms with E-state index in [0.29, 0.717) is 44.8 Å². The number of carbonyl (C=O) groups is 1. The zero-order valence-electron chi connectivity index (χ0n) is 16.1. The number of nitrogens with zero attached hydrogens (tertiary/aromatic N) is 3. The van der Waals surface area contributed by atoms with Gasteiger partial charge in [0.05, 0.1) is 10.6 Å². The van der Waals surface area contributed by atoms with E-state index in [4.69, 9.17) is 0 Å². The largest absolute Gasteiger partial charge is 0.367 e. The number of hydrogen-bond acceptors (Lipinski definition) is 4. The zero-order valence-corrected chi connectivity index (χ0v) is 16.9. The second-order valence-electron chi connectivity index (χ2n) is 7.34. The molecule has 0 spiro atoms. The van der Waals surface area contributed by atoms with Gasteiger partial charge in [-0.1, -0.05) is 12.1 Å². The highest BCUT2D eigenvalue weighted by molar-refractivity contribution is 7.89. The standard InChI is InChI=1S/C21H24FN3O3S/c22-19-5-1-2-6-20(19)23-13-15-24(16-14-23)29(27,28)18-10-8-17(9-11-18)25-12-4-3-7-21(25)26/h1-2,5-6,8-11H,3-4,7,12-16H2. The topological polar surface area (TPSA) is 60.9 Å². The number of sulfonamides is 1. The van der Waals surface area contributed by atoms with Crippen molar-refractivity contribution >= 4 is 27.3 Å². The summed E-state index contributed by atoms with van der Waals surface area (Å²) in [5.74, 6) is -0.220. The lowest BCUT2D eigenvalue weighted by molar-refractivity contribution is -0.119. The first-order valence-electron chi connectivity index (χ1n) is 9.87. The van der Waals surface area contributed by atoms with Gasteiger partial charge in [-0.3, -0.25) is 4.79 Å². The summed E-state index contributed by atoms with van der Waals surface area (Å²) < 4.78 is 41.4. The molecule has 0 bridgehead atoms. The maximum atomic E-state index is 14.0. The van der Waals surface area contributed by atoms with Crippen molar-refractivity contribution in [1.29, 1.82) is 0 Å². The van der Waals surface area contributed by atoms with Crippen molar-refractivity contribution in [3.8, 4) is 0 Å². The Morgan fingerprint density at radius 3 is 2.17 bits per heavy atom. The van der Waals surface area contributed by atoms with E-state index in [9.17, 15) is 17.6 Å². The highest BCUT2D eigenvalue weighted by Crippen LogP contribution is 2.26. The second kappa shape index (κ2) is 8.12. The Bertz CT molecular complexity index is 986. The molecule has 8 heteroatoms. The molecule has 4 rings (SSSR count). The van der Waals surface area contributed by atoms with Crippen LogP contribution in [0.3, 0.4) is 0 Å². The van der Waals surface area contributed by atoms with Crippen LogP contribution < -0.4 is 9.80 Å². The number of piperidine rings is 1. The Balaban J connectivity index is 1.45. The van der Waals surface area contributed by atoms with Crippen LogP contribution in [0.2, 0.25) is 0 Å². The van der Waals surface area contributed by atoms with Gasteiger partial charge in [0.2, 0.25) is 15.9 Å².